The number of carboxylic acid groups (broad SMARTS) is 1. The van der Waals surface area contributed by atoms with Gasteiger partial charge in [0.15, 0.2) is 11.5 Å². The average Bonchev–Trinajstić information content (AvgIpc) is 2.88. The first-order chi connectivity index (χ1) is 9.97. The number of carbonyl (C=O) groups excluding carboxylic acids is 1. The molecule has 2 N–H and O–H groups in total. The van der Waals surface area contributed by atoms with E-state index in [1.165, 1.54) is 6.07 Å². The number of aryl methyl sites for hydroxylation is 1. The van der Waals surface area contributed by atoms with Crippen LogP contribution >= 0.6 is 22.9 Å². The largest absolute Gasteiger partial charge is 0.482 e. The molecule has 2 rings (SSSR count). The van der Waals surface area contributed by atoms with Crippen LogP contribution in [0.1, 0.15) is 15.2 Å². The number of amides is 1. The first kappa shape index (κ1) is 15.3. The third-order valence-electron chi connectivity index (χ3n) is 2.58. The first-order valence-corrected chi connectivity index (χ1v) is 7.22. The van der Waals surface area contributed by atoms with Gasteiger partial charge in [0.1, 0.15) is 5.75 Å². The van der Waals surface area contributed by atoms with Crippen LogP contribution in [0.4, 0.5) is 5.69 Å². The number of nitrogens with one attached hydrogen (secondary N) is 1. The van der Waals surface area contributed by atoms with E-state index in [9.17, 15) is 9.59 Å². The van der Waals surface area contributed by atoms with Gasteiger partial charge in [-0.1, -0.05) is 17.7 Å². The highest BCUT2D eigenvalue weighted by molar-refractivity contribution is 7.12. The molecule has 1 heterocycles. The van der Waals surface area contributed by atoms with Crippen molar-refractivity contribution in [3.63, 3.8) is 0 Å². The summed E-state index contributed by atoms with van der Waals surface area (Å²) < 4.78 is 5.21. The lowest BCUT2D eigenvalue weighted by molar-refractivity contribution is -0.118. The summed E-state index contributed by atoms with van der Waals surface area (Å²) in [5, 5.41) is 13.6. The zero-order valence-electron chi connectivity index (χ0n) is 11.1. The normalized spacial score (nSPS) is 10.2. The van der Waals surface area contributed by atoms with Crippen molar-refractivity contribution < 1.29 is 19.4 Å². The highest BCUT2D eigenvalue weighted by Crippen LogP contribution is 2.25. The first-order valence-electron chi connectivity index (χ1n) is 5.97. The molecule has 0 saturated heterocycles. The Morgan fingerprint density at radius 1 is 1.38 bits per heavy atom. The number of ether oxygens (including phenoxy) is 1. The molecule has 1 aromatic carbocycles. The Kier molecular flexibility index (Phi) is 4.82. The number of thiophene rings is 1. The molecule has 1 aromatic heterocycles. The molecule has 110 valence electrons. The fourth-order valence-corrected chi connectivity index (χ4v) is 2.57. The van der Waals surface area contributed by atoms with E-state index in [-0.39, 0.29) is 17.2 Å². The summed E-state index contributed by atoms with van der Waals surface area (Å²) in [7, 11) is 0. The van der Waals surface area contributed by atoms with Gasteiger partial charge in [0.05, 0.1) is 10.7 Å². The van der Waals surface area contributed by atoms with Gasteiger partial charge in [-0.05, 0) is 36.1 Å². The van der Waals surface area contributed by atoms with Gasteiger partial charge in [0.25, 0.3) is 5.91 Å². The number of carboxylic acids is 1. The van der Waals surface area contributed by atoms with E-state index >= 15 is 0 Å². The lowest BCUT2D eigenvalue weighted by Gasteiger charge is -2.09. The van der Waals surface area contributed by atoms with Crippen molar-refractivity contribution in [1.29, 1.82) is 0 Å². The predicted octanol–water partition coefficient (Wildman–Crippen LogP) is 3.43. The van der Waals surface area contributed by atoms with Crippen LogP contribution < -0.4 is 10.1 Å². The van der Waals surface area contributed by atoms with E-state index < -0.39 is 11.9 Å². The van der Waals surface area contributed by atoms with Crippen LogP contribution in [0.15, 0.2) is 29.6 Å². The average molecular weight is 326 g/mol. The molecule has 0 spiro atoms. The summed E-state index contributed by atoms with van der Waals surface area (Å²) in [6.45, 7) is 1.60. The zero-order chi connectivity index (χ0) is 15.4. The molecular formula is C14H12ClNO4S. The third kappa shape index (κ3) is 3.96. The van der Waals surface area contributed by atoms with E-state index in [0.717, 1.165) is 16.9 Å². The highest BCUT2D eigenvalue weighted by atomic mass is 35.5. The van der Waals surface area contributed by atoms with Gasteiger partial charge in [0, 0.05) is 0 Å². The second-order valence-corrected chi connectivity index (χ2v) is 5.56. The van der Waals surface area contributed by atoms with Gasteiger partial charge in [-0.25, -0.2) is 4.79 Å². The van der Waals surface area contributed by atoms with Crippen LogP contribution in [0, 0.1) is 6.92 Å². The summed E-state index contributed by atoms with van der Waals surface area (Å²) in [6.07, 6.45) is 0. The third-order valence-corrected chi connectivity index (χ3v) is 3.78. The van der Waals surface area contributed by atoms with Crippen molar-refractivity contribution in [2.45, 2.75) is 6.92 Å². The Hall–Kier alpha value is -2.05. The molecule has 0 aliphatic rings. The number of aromatic carboxylic acids is 1. The second-order valence-electron chi connectivity index (χ2n) is 4.24. The SMILES string of the molecule is Cc1ccc(NC(=O)COc2ccsc2C(=O)O)c(Cl)c1. The van der Waals surface area contributed by atoms with E-state index in [4.69, 9.17) is 21.4 Å². The standard InChI is InChI=1S/C14H12ClNO4S/c1-8-2-3-10(9(15)6-8)16-12(17)7-20-11-4-5-21-13(11)14(18)19/h2-6H,7H2,1H3,(H,16,17)(H,18,19). The highest BCUT2D eigenvalue weighted by Gasteiger charge is 2.14. The summed E-state index contributed by atoms with van der Waals surface area (Å²) in [6, 6.07) is 6.77. The molecule has 0 atom stereocenters. The van der Waals surface area contributed by atoms with Crippen LogP contribution in [0.3, 0.4) is 0 Å². The Morgan fingerprint density at radius 2 is 2.14 bits per heavy atom. The van der Waals surface area contributed by atoms with Gasteiger partial charge in [0.2, 0.25) is 0 Å². The Balaban J connectivity index is 1.96. The molecule has 7 heteroatoms. The van der Waals surface area contributed by atoms with Crippen molar-refractivity contribution in [1.82, 2.24) is 0 Å². The fraction of sp³-hybridized carbons (Fsp3) is 0.143. The minimum Gasteiger partial charge on any atom is -0.482 e. The van der Waals surface area contributed by atoms with Gasteiger partial charge >= 0.3 is 5.97 Å². The van der Waals surface area contributed by atoms with Crippen molar-refractivity contribution in [2.24, 2.45) is 0 Å². The number of rotatable bonds is 5. The molecule has 0 aliphatic carbocycles. The van der Waals surface area contributed by atoms with Crippen LogP contribution in [0.5, 0.6) is 5.75 Å². The molecule has 21 heavy (non-hydrogen) atoms. The molecular weight excluding hydrogens is 314 g/mol. The maximum absolute atomic E-state index is 11.8. The summed E-state index contributed by atoms with van der Waals surface area (Å²) >= 11 is 7.05. The molecule has 0 aliphatic heterocycles. The lowest BCUT2D eigenvalue weighted by Crippen LogP contribution is -2.20. The monoisotopic (exact) mass is 325 g/mol. The summed E-state index contributed by atoms with van der Waals surface area (Å²) in [5.41, 5.74) is 1.47. The number of anilines is 1. The van der Waals surface area contributed by atoms with Gasteiger partial charge in [-0.15, -0.1) is 11.3 Å². The molecule has 2 aromatic rings. The molecule has 0 unspecified atom stereocenters. The molecule has 1 amide bonds. The molecule has 5 nitrogen and oxygen atoms in total. The van der Waals surface area contributed by atoms with Crippen molar-refractivity contribution >= 4 is 40.5 Å². The van der Waals surface area contributed by atoms with Crippen molar-refractivity contribution in [3.8, 4) is 5.75 Å². The predicted molar refractivity (Wildman–Crippen MR) is 81.6 cm³/mol. The van der Waals surface area contributed by atoms with E-state index in [2.05, 4.69) is 5.32 Å². The topological polar surface area (TPSA) is 75.6 Å². The molecule has 0 bridgehead atoms. The number of carbonyl (C=O) groups is 2. The van der Waals surface area contributed by atoms with E-state index in [1.54, 1.807) is 17.5 Å². The Bertz CT molecular complexity index is 683. The minimum atomic E-state index is -1.08. The van der Waals surface area contributed by atoms with Crippen LogP contribution in [0.2, 0.25) is 5.02 Å². The minimum absolute atomic E-state index is 0.0659. The smallest absolute Gasteiger partial charge is 0.349 e. The quantitative estimate of drug-likeness (QED) is 0.883. The zero-order valence-corrected chi connectivity index (χ0v) is 12.6. The van der Waals surface area contributed by atoms with Crippen molar-refractivity contribution in [3.05, 3.63) is 45.1 Å². The number of hydrogen-bond donors (Lipinski definition) is 2. The Morgan fingerprint density at radius 3 is 2.81 bits per heavy atom. The maximum Gasteiger partial charge on any atom is 0.349 e. The van der Waals surface area contributed by atoms with E-state index in [1.807, 2.05) is 13.0 Å². The number of halogens is 1. The molecule has 0 radical (unpaired) electrons. The van der Waals surface area contributed by atoms with Crippen LogP contribution in [-0.2, 0) is 4.79 Å². The lowest BCUT2D eigenvalue weighted by atomic mass is 10.2. The Labute approximate surface area is 130 Å². The van der Waals surface area contributed by atoms with E-state index in [0.29, 0.717) is 10.7 Å². The maximum atomic E-state index is 11.8. The molecule has 0 saturated carbocycles. The summed E-state index contributed by atoms with van der Waals surface area (Å²) in [5.74, 6) is -1.32. The van der Waals surface area contributed by atoms with Gasteiger partial charge in [-0.3, -0.25) is 4.79 Å². The number of benzene rings is 1. The molecule has 0 fully saturated rings. The van der Waals surface area contributed by atoms with Crippen LogP contribution in [-0.4, -0.2) is 23.6 Å². The second kappa shape index (κ2) is 6.60. The summed E-state index contributed by atoms with van der Waals surface area (Å²) in [4.78, 5) is 22.8. The van der Waals surface area contributed by atoms with Gasteiger partial charge < -0.3 is 15.2 Å². The number of hydrogen-bond acceptors (Lipinski definition) is 4. The fourth-order valence-electron chi connectivity index (χ4n) is 1.62. The van der Waals surface area contributed by atoms with Crippen LogP contribution in [0.25, 0.3) is 0 Å². The van der Waals surface area contributed by atoms with Gasteiger partial charge in [-0.2, -0.15) is 0 Å². The van der Waals surface area contributed by atoms with Crippen molar-refractivity contribution in [2.75, 3.05) is 11.9 Å².